The van der Waals surface area contributed by atoms with E-state index in [0.717, 1.165) is 30.2 Å². The Labute approximate surface area is 121 Å². The quantitative estimate of drug-likeness (QED) is 0.872. The Kier molecular flexibility index (Phi) is 6.05. The second-order valence-corrected chi connectivity index (χ2v) is 5.31. The first-order valence-electron chi connectivity index (χ1n) is 5.85. The van der Waals surface area contributed by atoms with Gasteiger partial charge in [0.2, 0.25) is 0 Å². The molecule has 0 radical (unpaired) electrons. The summed E-state index contributed by atoms with van der Waals surface area (Å²) in [6.45, 7) is 0. The maximum Gasteiger partial charge on any atom is 0.270 e. The van der Waals surface area contributed by atoms with Gasteiger partial charge in [0.05, 0.1) is 0 Å². The van der Waals surface area contributed by atoms with Crippen LogP contribution in [0.3, 0.4) is 0 Å². The van der Waals surface area contributed by atoms with E-state index in [1.165, 1.54) is 0 Å². The largest absolute Gasteiger partial charge is 0.346 e. The summed E-state index contributed by atoms with van der Waals surface area (Å²) in [5.74, 6) is -0.139. The molecule has 0 aromatic carbocycles. The van der Waals surface area contributed by atoms with E-state index in [0.29, 0.717) is 5.69 Å². The topological polar surface area (TPSA) is 68.0 Å². The van der Waals surface area contributed by atoms with Crippen molar-refractivity contribution in [1.82, 2.24) is 10.3 Å². The zero-order valence-electron chi connectivity index (χ0n) is 9.93. The van der Waals surface area contributed by atoms with Gasteiger partial charge in [0, 0.05) is 22.8 Å². The van der Waals surface area contributed by atoms with Crippen molar-refractivity contribution >= 4 is 34.2 Å². The van der Waals surface area contributed by atoms with E-state index >= 15 is 0 Å². The Bertz CT molecular complexity index is 399. The van der Waals surface area contributed by atoms with E-state index in [1.54, 1.807) is 12.3 Å². The summed E-state index contributed by atoms with van der Waals surface area (Å²) in [6.07, 6.45) is 5.86. The predicted molar refractivity (Wildman–Crippen MR) is 76.9 cm³/mol. The molecule has 1 amide bonds. The van der Waals surface area contributed by atoms with Gasteiger partial charge in [0.1, 0.15) is 5.69 Å². The third kappa shape index (κ3) is 3.93. The van der Waals surface area contributed by atoms with Gasteiger partial charge >= 0.3 is 0 Å². The summed E-state index contributed by atoms with van der Waals surface area (Å²) in [5.41, 5.74) is 6.42. The second kappa shape index (κ2) is 7.07. The Morgan fingerprint density at radius 2 is 2.11 bits per heavy atom. The number of hydrogen-bond acceptors (Lipinski definition) is 3. The molecule has 1 saturated carbocycles. The SMILES string of the molecule is Cl.N[C@@H]1CCCC[C@H]1NC(=O)c1ccc(Br)cn1. The number of nitrogens with one attached hydrogen (secondary N) is 1. The second-order valence-electron chi connectivity index (χ2n) is 4.39. The number of nitrogens with zero attached hydrogens (tertiary/aromatic N) is 1. The molecule has 1 aliphatic rings. The van der Waals surface area contributed by atoms with Crippen LogP contribution < -0.4 is 11.1 Å². The van der Waals surface area contributed by atoms with Crippen LogP contribution in [-0.2, 0) is 0 Å². The lowest BCUT2D eigenvalue weighted by Gasteiger charge is -2.29. The van der Waals surface area contributed by atoms with Crippen LogP contribution in [0.5, 0.6) is 0 Å². The van der Waals surface area contributed by atoms with Crippen molar-refractivity contribution in [3.63, 3.8) is 0 Å². The van der Waals surface area contributed by atoms with Crippen LogP contribution in [-0.4, -0.2) is 23.0 Å². The van der Waals surface area contributed by atoms with E-state index in [9.17, 15) is 4.79 Å². The van der Waals surface area contributed by atoms with Crippen molar-refractivity contribution in [2.75, 3.05) is 0 Å². The third-order valence-electron chi connectivity index (χ3n) is 3.10. The lowest BCUT2D eigenvalue weighted by molar-refractivity contribution is 0.0916. The van der Waals surface area contributed by atoms with Crippen LogP contribution in [0.25, 0.3) is 0 Å². The minimum absolute atomic E-state index is 0. The molecule has 100 valence electrons. The maximum atomic E-state index is 11.9. The summed E-state index contributed by atoms with van der Waals surface area (Å²) >= 11 is 3.29. The molecular weight excluding hydrogens is 318 g/mol. The van der Waals surface area contributed by atoms with E-state index in [1.807, 2.05) is 6.07 Å². The Morgan fingerprint density at radius 3 is 2.72 bits per heavy atom. The first-order valence-corrected chi connectivity index (χ1v) is 6.64. The maximum absolute atomic E-state index is 11.9. The summed E-state index contributed by atoms with van der Waals surface area (Å²) in [6, 6.07) is 3.67. The number of carbonyl (C=O) groups excluding carboxylic acids is 1. The van der Waals surface area contributed by atoms with Crippen molar-refractivity contribution < 1.29 is 4.79 Å². The minimum Gasteiger partial charge on any atom is -0.346 e. The zero-order valence-corrected chi connectivity index (χ0v) is 12.3. The zero-order chi connectivity index (χ0) is 12.3. The Balaban J connectivity index is 0.00000162. The minimum atomic E-state index is -0.139. The fourth-order valence-electron chi connectivity index (χ4n) is 2.09. The van der Waals surface area contributed by atoms with Gasteiger partial charge in [-0.2, -0.15) is 0 Å². The molecule has 0 saturated heterocycles. The molecular formula is C12H17BrClN3O. The molecule has 0 aliphatic heterocycles. The number of pyridine rings is 1. The molecule has 1 aliphatic carbocycles. The summed E-state index contributed by atoms with van der Waals surface area (Å²) in [7, 11) is 0. The Hall–Kier alpha value is -0.650. The number of hydrogen-bond donors (Lipinski definition) is 2. The molecule has 0 unspecified atom stereocenters. The molecule has 2 rings (SSSR count). The highest BCUT2D eigenvalue weighted by Crippen LogP contribution is 2.17. The monoisotopic (exact) mass is 333 g/mol. The molecule has 6 heteroatoms. The lowest BCUT2D eigenvalue weighted by atomic mass is 9.91. The van der Waals surface area contributed by atoms with Crippen LogP contribution in [0, 0.1) is 0 Å². The van der Waals surface area contributed by atoms with Crippen molar-refractivity contribution in [3.8, 4) is 0 Å². The van der Waals surface area contributed by atoms with Crippen LogP contribution in [0.1, 0.15) is 36.2 Å². The Morgan fingerprint density at radius 1 is 1.39 bits per heavy atom. The average Bonchev–Trinajstić information content (AvgIpc) is 2.33. The van der Waals surface area contributed by atoms with Gasteiger partial charge in [-0.1, -0.05) is 12.8 Å². The molecule has 0 spiro atoms. The summed E-state index contributed by atoms with van der Waals surface area (Å²) in [4.78, 5) is 16.0. The molecule has 3 N–H and O–H groups in total. The number of amides is 1. The average molecular weight is 335 g/mol. The van der Waals surface area contributed by atoms with Crippen molar-refractivity contribution in [3.05, 3.63) is 28.5 Å². The van der Waals surface area contributed by atoms with Crippen LogP contribution in [0.2, 0.25) is 0 Å². The van der Waals surface area contributed by atoms with Gasteiger partial charge < -0.3 is 11.1 Å². The number of aromatic nitrogens is 1. The van der Waals surface area contributed by atoms with Gasteiger partial charge in [-0.15, -0.1) is 12.4 Å². The fourth-order valence-corrected chi connectivity index (χ4v) is 2.33. The number of halogens is 2. The number of nitrogens with two attached hydrogens (primary N) is 1. The van der Waals surface area contributed by atoms with Crippen LogP contribution >= 0.6 is 28.3 Å². The van der Waals surface area contributed by atoms with Gasteiger partial charge in [0.25, 0.3) is 5.91 Å². The third-order valence-corrected chi connectivity index (χ3v) is 3.57. The number of rotatable bonds is 2. The van der Waals surface area contributed by atoms with E-state index in [4.69, 9.17) is 5.73 Å². The summed E-state index contributed by atoms with van der Waals surface area (Å²) < 4.78 is 0.864. The smallest absolute Gasteiger partial charge is 0.270 e. The lowest BCUT2D eigenvalue weighted by Crippen LogP contribution is -2.49. The van der Waals surface area contributed by atoms with E-state index in [-0.39, 0.29) is 30.4 Å². The highest BCUT2D eigenvalue weighted by atomic mass is 79.9. The van der Waals surface area contributed by atoms with E-state index in [2.05, 4.69) is 26.2 Å². The molecule has 2 atom stereocenters. The van der Waals surface area contributed by atoms with Crippen molar-refractivity contribution in [2.45, 2.75) is 37.8 Å². The highest BCUT2D eigenvalue weighted by Gasteiger charge is 2.23. The predicted octanol–water partition coefficient (Wildman–Crippen LogP) is 2.27. The van der Waals surface area contributed by atoms with Crippen molar-refractivity contribution in [1.29, 1.82) is 0 Å². The van der Waals surface area contributed by atoms with Crippen LogP contribution in [0.4, 0.5) is 0 Å². The first-order chi connectivity index (χ1) is 8.16. The molecule has 0 bridgehead atoms. The van der Waals surface area contributed by atoms with Gasteiger partial charge in [-0.25, -0.2) is 4.98 Å². The molecule has 1 aromatic heterocycles. The van der Waals surface area contributed by atoms with Gasteiger partial charge in [-0.05, 0) is 40.9 Å². The van der Waals surface area contributed by atoms with E-state index < -0.39 is 0 Å². The van der Waals surface area contributed by atoms with Gasteiger partial charge in [0.15, 0.2) is 0 Å². The first kappa shape index (κ1) is 15.4. The summed E-state index contributed by atoms with van der Waals surface area (Å²) in [5, 5.41) is 2.96. The molecule has 1 fully saturated rings. The normalized spacial score (nSPS) is 23.0. The fraction of sp³-hybridized carbons (Fsp3) is 0.500. The highest BCUT2D eigenvalue weighted by molar-refractivity contribution is 9.10. The van der Waals surface area contributed by atoms with Crippen LogP contribution in [0.15, 0.2) is 22.8 Å². The molecule has 1 aromatic rings. The molecule has 1 heterocycles. The molecule has 18 heavy (non-hydrogen) atoms. The standard InChI is InChI=1S/C12H16BrN3O.ClH/c13-8-5-6-11(15-7-8)12(17)16-10-4-2-1-3-9(10)14;/h5-7,9-10H,1-4,14H2,(H,16,17);1H/t9-,10-;/m1./s1. The van der Waals surface area contributed by atoms with Crippen molar-refractivity contribution in [2.24, 2.45) is 5.73 Å². The van der Waals surface area contributed by atoms with Gasteiger partial charge in [-0.3, -0.25) is 4.79 Å². The molecule has 4 nitrogen and oxygen atoms in total. The number of carbonyl (C=O) groups is 1.